The lowest BCUT2D eigenvalue weighted by Gasteiger charge is -2.10. The maximum absolute atomic E-state index is 12.9. The van der Waals surface area contributed by atoms with E-state index in [1.54, 1.807) is 12.1 Å². The third-order valence-corrected chi connectivity index (χ3v) is 2.55. The van der Waals surface area contributed by atoms with E-state index >= 15 is 0 Å². The molecule has 1 aromatic rings. The number of hydrogen-bond acceptors (Lipinski definition) is 4. The summed E-state index contributed by atoms with van der Waals surface area (Å²) in [6, 6.07) is 5.76. The summed E-state index contributed by atoms with van der Waals surface area (Å²) in [4.78, 5) is 11.5. The van der Waals surface area contributed by atoms with Gasteiger partial charge in [0.15, 0.2) is 0 Å². The molecule has 0 aliphatic heterocycles. The quantitative estimate of drug-likeness (QED) is 0.713. The first-order valence-corrected chi connectivity index (χ1v) is 6.44. The number of amides is 1. The lowest BCUT2D eigenvalue weighted by Crippen LogP contribution is -2.29. The number of hydrogen-bond donors (Lipinski definition) is 2. The molecule has 5 nitrogen and oxygen atoms in total. The Bertz CT molecular complexity index is 414. The lowest BCUT2D eigenvalue weighted by molar-refractivity contribution is -0.121. The summed E-state index contributed by atoms with van der Waals surface area (Å²) < 4.78 is 22.9. The average Bonchev–Trinajstić information content (AvgIpc) is 2.39. The van der Waals surface area contributed by atoms with Crippen molar-refractivity contribution >= 4 is 5.91 Å². The van der Waals surface area contributed by atoms with Crippen LogP contribution in [0.1, 0.15) is 12.8 Å². The molecule has 1 unspecified atom stereocenters. The van der Waals surface area contributed by atoms with Gasteiger partial charge in [-0.1, -0.05) is 6.07 Å². The molecule has 0 aliphatic rings. The zero-order valence-electron chi connectivity index (χ0n) is 11.5. The van der Waals surface area contributed by atoms with Crippen LogP contribution in [0.15, 0.2) is 24.3 Å². The molecular weight excluding hydrogens is 265 g/mol. The van der Waals surface area contributed by atoms with Crippen LogP contribution in [0.4, 0.5) is 4.39 Å². The zero-order valence-corrected chi connectivity index (χ0v) is 11.5. The van der Waals surface area contributed by atoms with Gasteiger partial charge in [-0.25, -0.2) is 4.39 Å². The molecule has 0 bridgehead atoms. The Labute approximate surface area is 117 Å². The molecule has 0 aliphatic carbocycles. The predicted octanol–water partition coefficient (Wildman–Crippen LogP) is 1.11. The molecular formula is C14H20FNO4. The highest BCUT2D eigenvalue weighted by atomic mass is 19.1. The van der Waals surface area contributed by atoms with Crippen molar-refractivity contribution in [2.45, 2.75) is 18.9 Å². The van der Waals surface area contributed by atoms with Crippen molar-refractivity contribution in [3.8, 4) is 5.75 Å². The van der Waals surface area contributed by atoms with E-state index in [0.29, 0.717) is 18.7 Å². The van der Waals surface area contributed by atoms with Crippen molar-refractivity contribution in [3.63, 3.8) is 0 Å². The standard InChI is InChI=1S/C14H20FNO4/c1-19-10-12(17)5-7-16-14(18)6-8-20-13-4-2-3-11(15)9-13/h2-4,9,12,17H,5-8,10H2,1H3,(H,16,18). The van der Waals surface area contributed by atoms with E-state index in [4.69, 9.17) is 9.47 Å². The molecule has 1 amide bonds. The Kier molecular flexibility index (Phi) is 7.60. The van der Waals surface area contributed by atoms with Crippen molar-refractivity contribution in [1.29, 1.82) is 0 Å². The summed E-state index contributed by atoms with van der Waals surface area (Å²) >= 11 is 0. The molecule has 0 heterocycles. The number of ether oxygens (including phenoxy) is 2. The van der Waals surface area contributed by atoms with Crippen LogP contribution in [-0.4, -0.2) is 44.0 Å². The minimum absolute atomic E-state index is 0.175. The molecule has 0 fully saturated rings. The molecule has 0 spiro atoms. The third kappa shape index (κ3) is 7.06. The number of carbonyl (C=O) groups excluding carboxylic acids is 1. The van der Waals surface area contributed by atoms with Gasteiger partial charge in [0.1, 0.15) is 11.6 Å². The van der Waals surface area contributed by atoms with Crippen molar-refractivity contribution in [2.24, 2.45) is 0 Å². The average molecular weight is 285 g/mol. The topological polar surface area (TPSA) is 67.8 Å². The van der Waals surface area contributed by atoms with Crippen molar-refractivity contribution in [2.75, 3.05) is 26.9 Å². The van der Waals surface area contributed by atoms with Crippen molar-refractivity contribution in [3.05, 3.63) is 30.1 Å². The molecule has 1 aromatic carbocycles. The molecule has 20 heavy (non-hydrogen) atoms. The number of halogens is 1. The van der Waals surface area contributed by atoms with Crippen LogP contribution < -0.4 is 10.1 Å². The molecule has 0 radical (unpaired) electrons. The number of rotatable bonds is 9. The maximum atomic E-state index is 12.9. The van der Waals surface area contributed by atoms with E-state index < -0.39 is 6.10 Å². The van der Waals surface area contributed by atoms with Gasteiger partial charge in [0.2, 0.25) is 5.91 Å². The summed E-state index contributed by atoms with van der Waals surface area (Å²) in [6.45, 7) is 0.803. The van der Waals surface area contributed by atoms with Gasteiger partial charge in [0, 0.05) is 19.7 Å². The molecule has 0 saturated heterocycles. The Morgan fingerprint density at radius 2 is 2.30 bits per heavy atom. The SMILES string of the molecule is COCC(O)CCNC(=O)CCOc1cccc(F)c1. The highest BCUT2D eigenvalue weighted by Gasteiger charge is 2.05. The number of methoxy groups -OCH3 is 1. The second kappa shape index (κ2) is 9.28. The van der Waals surface area contributed by atoms with E-state index in [1.165, 1.54) is 19.2 Å². The number of nitrogens with one attached hydrogen (secondary N) is 1. The van der Waals surface area contributed by atoms with Gasteiger partial charge < -0.3 is 19.9 Å². The molecule has 1 atom stereocenters. The van der Waals surface area contributed by atoms with Gasteiger partial charge in [-0.3, -0.25) is 4.79 Å². The maximum Gasteiger partial charge on any atom is 0.223 e. The van der Waals surface area contributed by atoms with Gasteiger partial charge in [-0.2, -0.15) is 0 Å². The normalized spacial score (nSPS) is 11.9. The van der Waals surface area contributed by atoms with Crippen LogP contribution >= 0.6 is 0 Å². The van der Waals surface area contributed by atoms with Crippen LogP contribution in [0.3, 0.4) is 0 Å². The van der Waals surface area contributed by atoms with E-state index in [9.17, 15) is 14.3 Å². The van der Waals surface area contributed by atoms with Crippen LogP contribution in [0.25, 0.3) is 0 Å². The predicted molar refractivity (Wildman–Crippen MR) is 72.0 cm³/mol. The molecule has 1 rings (SSSR count). The van der Waals surface area contributed by atoms with Gasteiger partial charge in [-0.05, 0) is 18.6 Å². The fourth-order valence-electron chi connectivity index (χ4n) is 1.56. The Balaban J connectivity index is 2.11. The Morgan fingerprint density at radius 1 is 1.50 bits per heavy atom. The highest BCUT2D eigenvalue weighted by molar-refractivity contribution is 5.75. The van der Waals surface area contributed by atoms with Crippen LogP contribution in [-0.2, 0) is 9.53 Å². The molecule has 6 heteroatoms. The molecule has 0 saturated carbocycles. The molecule has 0 aromatic heterocycles. The Morgan fingerprint density at radius 3 is 3.00 bits per heavy atom. The van der Waals surface area contributed by atoms with Gasteiger partial charge >= 0.3 is 0 Å². The second-order valence-corrected chi connectivity index (χ2v) is 4.30. The lowest BCUT2D eigenvalue weighted by atomic mass is 10.2. The first-order valence-electron chi connectivity index (χ1n) is 6.44. The van der Waals surface area contributed by atoms with Crippen molar-refractivity contribution < 1.29 is 23.8 Å². The highest BCUT2D eigenvalue weighted by Crippen LogP contribution is 2.11. The first-order chi connectivity index (χ1) is 9.61. The minimum atomic E-state index is -0.580. The van der Waals surface area contributed by atoms with E-state index in [0.717, 1.165) is 0 Å². The second-order valence-electron chi connectivity index (χ2n) is 4.30. The van der Waals surface area contributed by atoms with Gasteiger partial charge in [-0.15, -0.1) is 0 Å². The van der Waals surface area contributed by atoms with E-state index in [2.05, 4.69) is 5.32 Å². The number of aliphatic hydroxyl groups excluding tert-OH is 1. The van der Waals surface area contributed by atoms with Crippen LogP contribution in [0, 0.1) is 5.82 Å². The smallest absolute Gasteiger partial charge is 0.223 e. The summed E-state index contributed by atoms with van der Waals surface area (Å²) in [5.41, 5.74) is 0. The van der Waals surface area contributed by atoms with Crippen molar-refractivity contribution in [1.82, 2.24) is 5.32 Å². The van der Waals surface area contributed by atoms with Crippen LogP contribution in [0.2, 0.25) is 0 Å². The molecule has 2 N–H and O–H groups in total. The van der Waals surface area contributed by atoms with Crippen LogP contribution in [0.5, 0.6) is 5.75 Å². The summed E-state index contributed by atoms with van der Waals surface area (Å²) in [5, 5.41) is 12.0. The monoisotopic (exact) mass is 285 g/mol. The summed E-state index contributed by atoms with van der Waals surface area (Å²) in [5.74, 6) is -0.154. The van der Waals surface area contributed by atoms with Gasteiger partial charge in [0.05, 0.1) is 25.7 Å². The van der Waals surface area contributed by atoms with E-state index in [1.807, 2.05) is 0 Å². The first kappa shape index (κ1) is 16.4. The largest absolute Gasteiger partial charge is 0.493 e. The fraction of sp³-hybridized carbons (Fsp3) is 0.500. The Hall–Kier alpha value is -1.66. The number of benzene rings is 1. The number of carbonyl (C=O) groups is 1. The zero-order chi connectivity index (χ0) is 14.8. The minimum Gasteiger partial charge on any atom is -0.493 e. The number of aliphatic hydroxyl groups is 1. The summed E-state index contributed by atoms with van der Waals surface area (Å²) in [7, 11) is 1.51. The fourth-order valence-corrected chi connectivity index (χ4v) is 1.56. The van der Waals surface area contributed by atoms with E-state index in [-0.39, 0.29) is 31.4 Å². The summed E-state index contributed by atoms with van der Waals surface area (Å²) in [6.07, 6.45) is 0.0325. The molecule has 112 valence electrons. The van der Waals surface area contributed by atoms with Gasteiger partial charge in [0.25, 0.3) is 0 Å². The third-order valence-electron chi connectivity index (χ3n) is 2.55.